The van der Waals surface area contributed by atoms with Crippen LogP contribution in [0.3, 0.4) is 0 Å². The fourth-order valence-electron chi connectivity index (χ4n) is 2.43. The Hall–Kier alpha value is -1.73. The van der Waals surface area contributed by atoms with Crippen molar-refractivity contribution in [1.82, 2.24) is 0 Å². The Labute approximate surface area is 136 Å². The van der Waals surface area contributed by atoms with Crippen LogP contribution < -0.4 is 4.90 Å². The highest BCUT2D eigenvalue weighted by atomic mass is 35.5. The Bertz CT molecular complexity index is 798. The van der Waals surface area contributed by atoms with Gasteiger partial charge in [0.2, 0.25) is 0 Å². The second-order valence-electron chi connectivity index (χ2n) is 4.54. The number of fused-ring (bicyclic) bond motifs is 1. The Morgan fingerprint density at radius 2 is 1.86 bits per heavy atom. The van der Waals surface area contributed by atoms with Gasteiger partial charge in [-0.05, 0) is 30.3 Å². The van der Waals surface area contributed by atoms with Crippen LogP contribution in [0.2, 0.25) is 15.1 Å². The molecular weight excluding hydrogens is 331 g/mol. The zero-order valence-electron chi connectivity index (χ0n) is 10.5. The lowest BCUT2D eigenvalue weighted by molar-refractivity contribution is 0.0994. The van der Waals surface area contributed by atoms with E-state index in [0.717, 1.165) is 0 Å². The molecule has 1 atom stereocenters. The highest BCUT2D eigenvalue weighted by Gasteiger charge is 2.39. The zero-order valence-corrected chi connectivity index (χ0v) is 12.7. The maximum Gasteiger partial charge on any atom is 0.261 e. The van der Waals surface area contributed by atoms with Gasteiger partial charge in [-0.15, -0.1) is 0 Å². The summed E-state index contributed by atoms with van der Waals surface area (Å²) in [4.78, 5) is 14.0. The molecule has 0 radical (unpaired) electrons. The van der Waals surface area contributed by atoms with Crippen molar-refractivity contribution in [1.29, 1.82) is 5.26 Å². The molecular formula is C15H7Cl3N2O. The summed E-state index contributed by atoms with van der Waals surface area (Å²) >= 11 is 18.0. The van der Waals surface area contributed by atoms with Gasteiger partial charge in [-0.1, -0.05) is 40.9 Å². The van der Waals surface area contributed by atoms with Crippen molar-refractivity contribution < 1.29 is 4.79 Å². The van der Waals surface area contributed by atoms with Crippen LogP contribution in [0.15, 0.2) is 36.4 Å². The summed E-state index contributed by atoms with van der Waals surface area (Å²) in [5.41, 5.74) is 1.37. The van der Waals surface area contributed by atoms with Crippen molar-refractivity contribution in [2.24, 2.45) is 0 Å². The summed E-state index contributed by atoms with van der Waals surface area (Å²) in [6, 6.07) is 11.2. The van der Waals surface area contributed by atoms with Gasteiger partial charge in [0.15, 0.2) is 6.04 Å². The van der Waals surface area contributed by atoms with Crippen molar-refractivity contribution in [3.05, 3.63) is 62.6 Å². The van der Waals surface area contributed by atoms with Gasteiger partial charge in [0.05, 0.1) is 16.7 Å². The van der Waals surface area contributed by atoms with E-state index in [4.69, 9.17) is 34.8 Å². The van der Waals surface area contributed by atoms with Crippen LogP contribution >= 0.6 is 34.8 Å². The first-order valence-corrected chi connectivity index (χ1v) is 7.14. The summed E-state index contributed by atoms with van der Waals surface area (Å²) in [5.74, 6) is -0.333. The van der Waals surface area contributed by atoms with Crippen LogP contribution in [0.25, 0.3) is 0 Å². The van der Waals surface area contributed by atoms with E-state index < -0.39 is 6.04 Å². The van der Waals surface area contributed by atoms with E-state index in [0.29, 0.717) is 26.9 Å². The highest BCUT2D eigenvalue weighted by Crippen LogP contribution is 2.42. The molecule has 1 aliphatic rings. The van der Waals surface area contributed by atoms with E-state index in [9.17, 15) is 10.1 Å². The first kappa shape index (κ1) is 14.2. The third kappa shape index (κ3) is 2.26. The predicted octanol–water partition coefficient (Wildman–Crippen LogP) is 4.87. The van der Waals surface area contributed by atoms with E-state index in [1.807, 2.05) is 0 Å². The topological polar surface area (TPSA) is 44.1 Å². The lowest BCUT2D eigenvalue weighted by Crippen LogP contribution is -2.26. The largest absolute Gasteiger partial charge is 0.288 e. The Morgan fingerprint density at radius 1 is 1.10 bits per heavy atom. The standard InChI is InChI=1S/C15H7Cl3N2O/c16-8-2-1-3-10(4-8)20-13(7-19)11-5-9(17)6-12(18)14(11)15(20)21/h1-6,13H. The maximum atomic E-state index is 12.6. The van der Waals surface area contributed by atoms with Gasteiger partial charge in [-0.3, -0.25) is 9.69 Å². The Kier molecular flexibility index (Phi) is 3.54. The molecule has 0 bridgehead atoms. The van der Waals surface area contributed by atoms with E-state index in [1.165, 1.54) is 11.0 Å². The molecule has 6 heteroatoms. The molecule has 1 aliphatic heterocycles. The number of carbonyl (C=O) groups is 1. The monoisotopic (exact) mass is 336 g/mol. The molecule has 0 aliphatic carbocycles. The average molecular weight is 338 g/mol. The van der Waals surface area contributed by atoms with E-state index >= 15 is 0 Å². The van der Waals surface area contributed by atoms with Crippen LogP contribution in [-0.2, 0) is 0 Å². The highest BCUT2D eigenvalue weighted by molar-refractivity contribution is 6.38. The molecule has 1 heterocycles. The van der Waals surface area contributed by atoms with Gasteiger partial charge in [0.25, 0.3) is 5.91 Å². The van der Waals surface area contributed by atoms with Gasteiger partial charge < -0.3 is 0 Å². The number of halogens is 3. The number of rotatable bonds is 1. The fourth-order valence-corrected chi connectivity index (χ4v) is 3.21. The number of amides is 1. The molecule has 2 aromatic carbocycles. The first-order chi connectivity index (χ1) is 10.0. The third-order valence-corrected chi connectivity index (χ3v) is 4.03. The molecule has 0 fully saturated rings. The predicted molar refractivity (Wildman–Crippen MR) is 83.1 cm³/mol. The normalized spacial score (nSPS) is 16.8. The number of carbonyl (C=O) groups excluding carboxylic acids is 1. The van der Waals surface area contributed by atoms with Crippen LogP contribution in [0.5, 0.6) is 0 Å². The van der Waals surface area contributed by atoms with Gasteiger partial charge in [-0.2, -0.15) is 5.26 Å². The van der Waals surface area contributed by atoms with Crippen LogP contribution in [0.1, 0.15) is 22.0 Å². The lowest BCUT2D eigenvalue weighted by Gasteiger charge is -2.20. The maximum absolute atomic E-state index is 12.6. The molecule has 0 spiro atoms. The summed E-state index contributed by atoms with van der Waals surface area (Å²) in [5, 5.41) is 10.6. The SMILES string of the molecule is N#CC1c2cc(Cl)cc(Cl)c2C(=O)N1c1cccc(Cl)c1. The summed E-state index contributed by atoms with van der Waals surface area (Å²) < 4.78 is 0. The third-order valence-electron chi connectivity index (χ3n) is 3.28. The fraction of sp³-hybridized carbons (Fsp3) is 0.0667. The minimum Gasteiger partial charge on any atom is -0.288 e. The van der Waals surface area contributed by atoms with Crippen molar-refractivity contribution in [3.63, 3.8) is 0 Å². The van der Waals surface area contributed by atoms with E-state index in [1.54, 1.807) is 30.3 Å². The number of hydrogen-bond acceptors (Lipinski definition) is 2. The minimum absolute atomic E-state index is 0.243. The summed E-state index contributed by atoms with van der Waals surface area (Å²) in [7, 11) is 0. The molecule has 0 saturated carbocycles. The quantitative estimate of drug-likeness (QED) is 0.745. The molecule has 0 aromatic heterocycles. The van der Waals surface area contributed by atoms with E-state index in [2.05, 4.69) is 6.07 Å². The van der Waals surface area contributed by atoms with Crippen molar-refractivity contribution in [2.45, 2.75) is 6.04 Å². The molecule has 1 amide bonds. The first-order valence-electron chi connectivity index (χ1n) is 6.00. The van der Waals surface area contributed by atoms with Crippen molar-refractivity contribution >= 4 is 46.4 Å². The number of nitrogens with zero attached hydrogens (tertiary/aromatic N) is 2. The minimum atomic E-state index is -0.776. The second kappa shape index (κ2) is 5.23. The number of benzene rings is 2. The second-order valence-corrected chi connectivity index (χ2v) is 5.82. The van der Waals surface area contributed by atoms with Gasteiger partial charge in [0.1, 0.15) is 0 Å². The molecule has 104 valence electrons. The smallest absolute Gasteiger partial charge is 0.261 e. The van der Waals surface area contributed by atoms with Gasteiger partial charge in [-0.25, -0.2) is 0 Å². The molecule has 1 unspecified atom stereocenters. The average Bonchev–Trinajstić information content (AvgIpc) is 2.71. The van der Waals surface area contributed by atoms with Gasteiger partial charge >= 0.3 is 0 Å². The number of hydrogen-bond donors (Lipinski definition) is 0. The molecule has 0 N–H and O–H groups in total. The van der Waals surface area contributed by atoms with Crippen LogP contribution in [0, 0.1) is 11.3 Å². The molecule has 0 saturated heterocycles. The molecule has 2 aromatic rings. The van der Waals surface area contributed by atoms with Crippen LogP contribution in [0.4, 0.5) is 5.69 Å². The zero-order chi connectivity index (χ0) is 15.1. The number of nitriles is 1. The molecule has 21 heavy (non-hydrogen) atoms. The Morgan fingerprint density at radius 3 is 2.52 bits per heavy atom. The van der Waals surface area contributed by atoms with Crippen molar-refractivity contribution in [3.8, 4) is 6.07 Å². The van der Waals surface area contributed by atoms with E-state index in [-0.39, 0.29) is 10.9 Å². The molecule has 3 nitrogen and oxygen atoms in total. The number of anilines is 1. The van der Waals surface area contributed by atoms with Gasteiger partial charge in [0, 0.05) is 21.3 Å². The Balaban J connectivity index is 2.20. The lowest BCUT2D eigenvalue weighted by atomic mass is 10.1. The van der Waals surface area contributed by atoms with Crippen molar-refractivity contribution in [2.75, 3.05) is 4.90 Å². The summed E-state index contributed by atoms with van der Waals surface area (Å²) in [6.07, 6.45) is 0. The molecule has 3 rings (SSSR count). The summed E-state index contributed by atoms with van der Waals surface area (Å²) in [6.45, 7) is 0. The van der Waals surface area contributed by atoms with Crippen LogP contribution in [-0.4, -0.2) is 5.91 Å².